The molecular formula is C41H79NO13S. The lowest BCUT2D eigenvalue weighted by Gasteiger charge is -2.40. The fourth-order valence-corrected chi connectivity index (χ4v) is 6.48. The van der Waals surface area contributed by atoms with E-state index in [4.69, 9.17) is 27.0 Å². The first-order valence-corrected chi connectivity index (χ1v) is 22.7. The number of nitrogens with one attached hydrogen (secondary N) is 1. The average molecular weight is 826 g/mol. The van der Waals surface area contributed by atoms with Crippen LogP contribution in [0.2, 0.25) is 0 Å². The molecule has 1 amide bonds. The monoisotopic (exact) mass is 826 g/mol. The minimum Gasteiger partial charge on any atom is -0.394 e. The number of hydrogen-bond donors (Lipinski definition) is 9. The molecule has 1 heterocycles. The van der Waals surface area contributed by atoms with Crippen molar-refractivity contribution in [2.45, 2.75) is 217 Å². The van der Waals surface area contributed by atoms with Gasteiger partial charge in [0.1, 0.15) is 30.5 Å². The first kappa shape index (κ1) is 54.5. The maximum absolute atomic E-state index is 13.0. The fraction of sp³-hybridized carbons (Fsp3) is 0.878. The topological polar surface area (TPSA) is 244 Å². The quantitative estimate of drug-likeness (QED) is 0.0219. The van der Waals surface area contributed by atoms with E-state index < -0.39 is 71.9 Å². The van der Waals surface area contributed by atoms with Gasteiger partial charge in [0.2, 0.25) is 5.91 Å². The van der Waals surface area contributed by atoms with Crippen molar-refractivity contribution >= 4 is 16.3 Å². The van der Waals surface area contributed by atoms with Crippen LogP contribution in [0.1, 0.15) is 168 Å². The van der Waals surface area contributed by atoms with E-state index in [1.807, 2.05) is 6.08 Å². The van der Waals surface area contributed by atoms with Crippen LogP contribution in [0, 0.1) is 0 Å². The molecule has 0 saturated carbocycles. The van der Waals surface area contributed by atoms with E-state index in [2.05, 4.69) is 32.2 Å². The highest BCUT2D eigenvalue weighted by Crippen LogP contribution is 2.22. The second-order valence-electron chi connectivity index (χ2n) is 15.2. The summed E-state index contributed by atoms with van der Waals surface area (Å²) < 4.78 is 42.7. The molecule has 1 aliphatic rings. The van der Waals surface area contributed by atoms with Gasteiger partial charge in [-0.05, 0) is 39.0 Å². The number of aliphatic hydroxyl groups is 6. The minimum atomic E-state index is -4.67. The van der Waals surface area contributed by atoms with Crippen LogP contribution in [0.4, 0.5) is 0 Å². The summed E-state index contributed by atoms with van der Waals surface area (Å²) in [5.74, 6) is -0.628. The molecule has 0 aromatic rings. The lowest BCUT2D eigenvalue weighted by Crippen LogP contribution is -2.60. The lowest BCUT2D eigenvalue weighted by atomic mass is 9.99. The highest BCUT2D eigenvalue weighted by molar-refractivity contribution is 7.79. The summed E-state index contributed by atoms with van der Waals surface area (Å²) in [5, 5.41) is 64.5. The molecule has 0 unspecified atom stereocenters. The van der Waals surface area contributed by atoms with E-state index in [0.29, 0.717) is 19.3 Å². The van der Waals surface area contributed by atoms with Crippen LogP contribution in [-0.4, -0.2) is 116 Å². The average Bonchev–Trinajstić information content (AvgIpc) is 3.15. The van der Waals surface area contributed by atoms with Gasteiger partial charge in [-0.15, -0.1) is 0 Å². The van der Waals surface area contributed by atoms with Crippen LogP contribution in [-0.2, 0) is 24.7 Å². The summed E-state index contributed by atoms with van der Waals surface area (Å²) in [6, 6.07) is -0.993. The Morgan fingerprint density at radius 1 is 0.750 bits per heavy atom. The van der Waals surface area contributed by atoms with E-state index in [-0.39, 0.29) is 6.61 Å². The number of amides is 1. The van der Waals surface area contributed by atoms with Gasteiger partial charge in [0.05, 0.1) is 25.4 Å². The van der Waals surface area contributed by atoms with Gasteiger partial charge in [0.25, 0.3) is 0 Å². The van der Waals surface area contributed by atoms with Crippen LogP contribution >= 0.6 is 0 Å². The van der Waals surface area contributed by atoms with Gasteiger partial charge < -0.3 is 45.4 Å². The van der Waals surface area contributed by atoms with Crippen LogP contribution in [0.3, 0.4) is 0 Å². The predicted octanol–water partition coefficient (Wildman–Crippen LogP) is 5.87. The molecule has 0 aliphatic carbocycles. The highest BCUT2D eigenvalue weighted by atomic mass is 32.3. The Morgan fingerprint density at radius 3 is 1.73 bits per heavy atom. The number of allylic oxidation sites excluding steroid dienone is 3. The van der Waals surface area contributed by atoms with Gasteiger partial charge in [-0.2, -0.15) is 8.42 Å². The van der Waals surface area contributed by atoms with Crippen molar-refractivity contribution in [2.24, 2.45) is 0 Å². The zero-order valence-electron chi connectivity index (χ0n) is 34.6. The van der Waals surface area contributed by atoms with E-state index in [1.165, 1.54) is 102 Å². The SMILES string of the molecule is CCCCCCCCCCCCCC[C@@H](O)C(=O)N[C@@H](CO[C@@H]1O[C@H](CO)[C@@H](O)[C@H](O)[C@H]1O)[C@H](O)/C=C/CC/C=C(\C)CCCCCCCCC.O=S(=O)(O)O. The summed E-state index contributed by atoms with van der Waals surface area (Å²) in [4.78, 5) is 13.0. The van der Waals surface area contributed by atoms with Gasteiger partial charge >= 0.3 is 10.4 Å². The van der Waals surface area contributed by atoms with Gasteiger partial charge in [0, 0.05) is 0 Å². The number of carbonyl (C=O) groups is 1. The molecule has 1 rings (SSSR count). The molecule has 332 valence electrons. The molecule has 0 spiro atoms. The summed E-state index contributed by atoms with van der Waals surface area (Å²) >= 11 is 0. The largest absolute Gasteiger partial charge is 0.394 e. The zero-order chi connectivity index (χ0) is 42.2. The predicted molar refractivity (Wildman–Crippen MR) is 218 cm³/mol. The molecule has 8 atom stereocenters. The Labute approximate surface area is 337 Å². The van der Waals surface area contributed by atoms with Crippen molar-refractivity contribution in [3.8, 4) is 0 Å². The Hall–Kier alpha value is -1.50. The van der Waals surface area contributed by atoms with Crippen molar-refractivity contribution in [2.75, 3.05) is 13.2 Å². The van der Waals surface area contributed by atoms with E-state index in [0.717, 1.165) is 32.1 Å². The third-order valence-corrected chi connectivity index (χ3v) is 10.00. The van der Waals surface area contributed by atoms with Crippen molar-refractivity contribution in [1.29, 1.82) is 0 Å². The fourth-order valence-electron chi connectivity index (χ4n) is 6.48. The highest BCUT2D eigenvalue weighted by Gasteiger charge is 2.44. The molecule has 1 aliphatic heterocycles. The van der Waals surface area contributed by atoms with Crippen molar-refractivity contribution in [1.82, 2.24) is 5.32 Å². The Morgan fingerprint density at radius 2 is 1.23 bits per heavy atom. The lowest BCUT2D eigenvalue weighted by molar-refractivity contribution is -0.302. The molecule has 9 N–H and O–H groups in total. The van der Waals surface area contributed by atoms with E-state index in [1.54, 1.807) is 6.08 Å². The Bertz CT molecular complexity index is 1110. The Kier molecular flexibility index (Phi) is 33.5. The molecule has 56 heavy (non-hydrogen) atoms. The van der Waals surface area contributed by atoms with Crippen molar-refractivity contribution in [3.05, 3.63) is 23.8 Å². The summed E-state index contributed by atoms with van der Waals surface area (Å²) in [6.45, 7) is 5.70. The normalized spacial score (nSPS) is 22.1. The van der Waals surface area contributed by atoms with Gasteiger partial charge in [-0.3, -0.25) is 13.9 Å². The van der Waals surface area contributed by atoms with Crippen molar-refractivity contribution in [3.63, 3.8) is 0 Å². The standard InChI is InChI=1S/C41H77NO9.H2O4S/c1-4-6-8-10-12-13-14-15-16-18-20-24-29-35(45)40(49)42-33(31-50-41-39(48)38(47)37(46)36(30-43)51-41)34(44)28-25-21-23-27-32(3)26-22-19-17-11-9-7-5-2;1-5(2,3)4/h25,27-28,33-39,41,43-48H,4-24,26,29-31H2,1-3H3,(H,42,49);(H2,1,2,3,4)/b28-25+,32-27+;/t33-,34+,35+,36+,37+,38-,39+,41+;/m0./s1. The van der Waals surface area contributed by atoms with Gasteiger partial charge in [-0.25, -0.2) is 0 Å². The van der Waals surface area contributed by atoms with Crippen LogP contribution in [0.25, 0.3) is 0 Å². The molecule has 1 saturated heterocycles. The van der Waals surface area contributed by atoms with Crippen LogP contribution in [0.15, 0.2) is 23.8 Å². The number of rotatable bonds is 32. The number of unbranched alkanes of at least 4 members (excludes halogenated alkanes) is 18. The molecule has 0 aromatic heterocycles. The Balaban J connectivity index is 0.00000565. The van der Waals surface area contributed by atoms with Gasteiger partial charge in [-0.1, -0.05) is 153 Å². The van der Waals surface area contributed by atoms with E-state index >= 15 is 0 Å². The maximum atomic E-state index is 13.0. The number of carbonyl (C=O) groups excluding carboxylic acids is 1. The number of hydrogen-bond acceptors (Lipinski definition) is 11. The molecule has 14 nitrogen and oxygen atoms in total. The zero-order valence-corrected chi connectivity index (χ0v) is 35.4. The second-order valence-corrected chi connectivity index (χ2v) is 16.1. The summed E-state index contributed by atoms with van der Waals surface area (Å²) in [7, 11) is -4.67. The minimum absolute atomic E-state index is 0.306. The van der Waals surface area contributed by atoms with E-state index in [9.17, 15) is 35.4 Å². The third-order valence-electron chi connectivity index (χ3n) is 10.00. The van der Waals surface area contributed by atoms with Crippen molar-refractivity contribution < 1.29 is 62.4 Å². The van der Waals surface area contributed by atoms with Crippen LogP contribution < -0.4 is 5.32 Å². The molecular weight excluding hydrogens is 747 g/mol. The van der Waals surface area contributed by atoms with Crippen LogP contribution in [0.5, 0.6) is 0 Å². The maximum Gasteiger partial charge on any atom is 0.394 e. The first-order chi connectivity index (χ1) is 26.7. The summed E-state index contributed by atoms with van der Waals surface area (Å²) in [5.41, 5.74) is 1.36. The molecule has 0 radical (unpaired) electrons. The second kappa shape index (κ2) is 34.4. The summed E-state index contributed by atoms with van der Waals surface area (Å²) in [6.07, 6.45) is 22.0. The first-order valence-electron chi connectivity index (χ1n) is 21.3. The number of ether oxygens (including phenoxy) is 2. The van der Waals surface area contributed by atoms with Gasteiger partial charge in [0.15, 0.2) is 6.29 Å². The molecule has 15 heteroatoms. The molecule has 0 bridgehead atoms. The third kappa shape index (κ3) is 29.7. The smallest absolute Gasteiger partial charge is 0.394 e. The molecule has 0 aromatic carbocycles. The molecule has 1 fully saturated rings. The number of aliphatic hydroxyl groups excluding tert-OH is 6.